The molecule has 37 heavy (non-hydrogen) atoms. The molecule has 0 bridgehead atoms. The predicted molar refractivity (Wildman–Crippen MR) is 137 cm³/mol. The molecule has 0 N–H and O–H groups in total. The first-order chi connectivity index (χ1) is 17.9. The van der Waals surface area contributed by atoms with Crippen molar-refractivity contribution in [1.82, 2.24) is 4.57 Å². The Labute approximate surface area is 216 Å². The van der Waals surface area contributed by atoms with Crippen LogP contribution in [-0.2, 0) is 9.53 Å². The van der Waals surface area contributed by atoms with Gasteiger partial charge in [0.25, 0.3) is 5.56 Å². The van der Waals surface area contributed by atoms with Crippen LogP contribution in [0.3, 0.4) is 0 Å². The number of aryl methyl sites for hydroxylation is 1. The molecule has 0 fully saturated rings. The van der Waals surface area contributed by atoms with Gasteiger partial charge in [-0.25, -0.2) is 9.79 Å². The summed E-state index contributed by atoms with van der Waals surface area (Å²) in [4.78, 5) is 32.1. The van der Waals surface area contributed by atoms with Gasteiger partial charge in [0.2, 0.25) is 6.79 Å². The second-order valence-corrected chi connectivity index (χ2v) is 9.49. The highest BCUT2D eigenvalue weighted by Crippen LogP contribution is 2.37. The van der Waals surface area contributed by atoms with Gasteiger partial charge in [-0.1, -0.05) is 17.4 Å². The quantitative estimate of drug-likeness (QED) is 0.459. The molecule has 0 aliphatic carbocycles. The van der Waals surface area contributed by atoms with E-state index in [1.807, 2.05) is 31.2 Å². The zero-order valence-corrected chi connectivity index (χ0v) is 21.9. The normalized spacial score (nSPS) is 16.4. The second-order valence-electron chi connectivity index (χ2n) is 8.48. The standard InChI is InChI=1S/C27H26N2O7S/c1-6-34-26(31)23-15(3)28-27-29(24(23)16-7-8-18(32-4)19(10-16)33-5)25(30)22(37-27)12-17-11-21-20(9-14(17)2)35-13-36-21/h7-12,24H,6,13H2,1-5H3/b22-12-/t24-/m0/s1. The van der Waals surface area contributed by atoms with E-state index in [2.05, 4.69) is 4.99 Å². The van der Waals surface area contributed by atoms with E-state index >= 15 is 0 Å². The molecule has 10 heteroatoms. The van der Waals surface area contributed by atoms with Crippen molar-refractivity contribution in [2.75, 3.05) is 27.6 Å². The molecule has 2 aromatic carbocycles. The molecular formula is C27H26N2O7S. The van der Waals surface area contributed by atoms with Crippen LogP contribution in [0.5, 0.6) is 23.0 Å². The largest absolute Gasteiger partial charge is 0.493 e. The Morgan fingerprint density at radius 3 is 2.57 bits per heavy atom. The first-order valence-electron chi connectivity index (χ1n) is 11.7. The lowest BCUT2D eigenvalue weighted by molar-refractivity contribution is -0.139. The lowest BCUT2D eigenvalue weighted by Gasteiger charge is -2.25. The van der Waals surface area contributed by atoms with E-state index in [0.717, 1.165) is 11.1 Å². The number of allylic oxidation sites excluding steroid dienone is 1. The minimum absolute atomic E-state index is 0.168. The lowest BCUT2D eigenvalue weighted by atomic mass is 9.95. The van der Waals surface area contributed by atoms with Gasteiger partial charge >= 0.3 is 5.97 Å². The fraction of sp³-hybridized carbons (Fsp3) is 0.296. The van der Waals surface area contributed by atoms with Gasteiger partial charge in [0, 0.05) is 0 Å². The average Bonchev–Trinajstić information content (AvgIpc) is 3.46. The van der Waals surface area contributed by atoms with Gasteiger partial charge < -0.3 is 23.7 Å². The highest BCUT2D eigenvalue weighted by Gasteiger charge is 2.34. The van der Waals surface area contributed by atoms with Crippen LogP contribution in [0.1, 0.15) is 36.6 Å². The maximum absolute atomic E-state index is 13.9. The molecule has 0 radical (unpaired) electrons. The average molecular weight is 523 g/mol. The van der Waals surface area contributed by atoms with E-state index in [1.54, 1.807) is 37.7 Å². The fourth-order valence-corrected chi connectivity index (χ4v) is 5.52. The van der Waals surface area contributed by atoms with Crippen LogP contribution in [0.15, 0.2) is 51.4 Å². The Kier molecular flexibility index (Phi) is 6.51. The van der Waals surface area contributed by atoms with Crippen LogP contribution < -0.4 is 33.8 Å². The Morgan fingerprint density at radius 2 is 1.86 bits per heavy atom. The number of aromatic nitrogens is 1. The number of rotatable bonds is 6. The Morgan fingerprint density at radius 1 is 1.14 bits per heavy atom. The molecule has 2 aliphatic rings. The maximum atomic E-state index is 13.9. The second kappa shape index (κ2) is 9.78. The number of hydrogen-bond acceptors (Lipinski definition) is 9. The van der Waals surface area contributed by atoms with Crippen LogP contribution in [0.2, 0.25) is 0 Å². The van der Waals surface area contributed by atoms with E-state index in [0.29, 0.717) is 49.2 Å². The molecule has 3 aromatic rings. The summed E-state index contributed by atoms with van der Waals surface area (Å²) in [6, 6.07) is 8.31. The smallest absolute Gasteiger partial charge is 0.338 e. The SMILES string of the molecule is CCOC(=O)C1=C(C)N=c2s/c(=C\c3cc4c(cc3C)OCO4)c(=O)n2[C@H]1c1ccc(OC)c(OC)c1. The number of esters is 1. The van der Waals surface area contributed by atoms with E-state index in [1.165, 1.54) is 18.4 Å². The summed E-state index contributed by atoms with van der Waals surface area (Å²) in [5.41, 5.74) is 2.96. The highest BCUT2D eigenvalue weighted by atomic mass is 32.1. The number of fused-ring (bicyclic) bond motifs is 2. The van der Waals surface area contributed by atoms with Gasteiger partial charge in [-0.15, -0.1) is 0 Å². The number of carbonyl (C=O) groups excluding carboxylic acids is 1. The number of ether oxygens (including phenoxy) is 5. The van der Waals surface area contributed by atoms with Crippen molar-refractivity contribution in [2.45, 2.75) is 26.8 Å². The van der Waals surface area contributed by atoms with Crippen molar-refractivity contribution in [3.05, 3.63) is 78.0 Å². The van der Waals surface area contributed by atoms with E-state index in [9.17, 15) is 9.59 Å². The Hall–Kier alpha value is -4.05. The molecule has 0 unspecified atom stereocenters. The van der Waals surface area contributed by atoms with E-state index < -0.39 is 12.0 Å². The number of thiazole rings is 1. The number of methoxy groups -OCH3 is 2. The summed E-state index contributed by atoms with van der Waals surface area (Å²) >= 11 is 1.26. The molecule has 9 nitrogen and oxygen atoms in total. The van der Waals surface area contributed by atoms with Crippen molar-refractivity contribution in [3.63, 3.8) is 0 Å². The van der Waals surface area contributed by atoms with Gasteiger partial charge in [-0.2, -0.15) is 0 Å². The molecule has 1 atom stereocenters. The Balaban J connectivity index is 1.72. The third-order valence-electron chi connectivity index (χ3n) is 6.29. The Bertz CT molecular complexity index is 1620. The summed E-state index contributed by atoms with van der Waals surface area (Å²) in [6.07, 6.45) is 1.82. The first kappa shape index (κ1) is 24.6. The van der Waals surface area contributed by atoms with E-state index in [4.69, 9.17) is 23.7 Å². The third-order valence-corrected chi connectivity index (χ3v) is 7.27. The van der Waals surface area contributed by atoms with Crippen molar-refractivity contribution < 1.29 is 28.5 Å². The molecule has 2 aliphatic heterocycles. The van der Waals surface area contributed by atoms with Crippen LogP contribution in [0.4, 0.5) is 0 Å². The third kappa shape index (κ3) is 4.27. The number of carbonyl (C=O) groups is 1. The first-order valence-corrected chi connectivity index (χ1v) is 12.5. The molecule has 3 heterocycles. The fourth-order valence-electron chi connectivity index (χ4n) is 4.49. The van der Waals surface area contributed by atoms with Crippen molar-refractivity contribution in [3.8, 4) is 23.0 Å². The number of benzene rings is 2. The highest BCUT2D eigenvalue weighted by molar-refractivity contribution is 7.07. The summed E-state index contributed by atoms with van der Waals surface area (Å²) in [6.45, 7) is 5.80. The van der Waals surface area contributed by atoms with Gasteiger partial charge in [-0.3, -0.25) is 9.36 Å². The number of nitrogens with zero attached hydrogens (tertiary/aromatic N) is 2. The maximum Gasteiger partial charge on any atom is 0.338 e. The minimum atomic E-state index is -0.755. The minimum Gasteiger partial charge on any atom is -0.493 e. The zero-order valence-electron chi connectivity index (χ0n) is 21.1. The van der Waals surface area contributed by atoms with Crippen LogP contribution in [-0.4, -0.2) is 38.2 Å². The predicted octanol–water partition coefficient (Wildman–Crippen LogP) is 2.85. The molecular weight excluding hydrogens is 496 g/mol. The van der Waals surface area contributed by atoms with Gasteiger partial charge in [0.1, 0.15) is 0 Å². The van der Waals surface area contributed by atoms with Crippen LogP contribution >= 0.6 is 11.3 Å². The molecule has 5 rings (SSSR count). The van der Waals surface area contributed by atoms with Gasteiger partial charge in [0.15, 0.2) is 27.8 Å². The molecule has 1 aromatic heterocycles. The van der Waals surface area contributed by atoms with Gasteiger partial charge in [-0.05, 0) is 67.8 Å². The topological polar surface area (TPSA) is 97.6 Å². The van der Waals surface area contributed by atoms with E-state index in [-0.39, 0.29) is 19.0 Å². The molecule has 0 spiro atoms. The van der Waals surface area contributed by atoms with Crippen molar-refractivity contribution >= 4 is 23.4 Å². The molecule has 0 saturated heterocycles. The molecule has 192 valence electrons. The summed E-state index contributed by atoms with van der Waals surface area (Å²) in [5.74, 6) is 1.81. The number of hydrogen-bond donors (Lipinski definition) is 0. The summed E-state index contributed by atoms with van der Waals surface area (Å²) in [7, 11) is 3.08. The molecule has 0 amide bonds. The lowest BCUT2D eigenvalue weighted by Crippen LogP contribution is -2.40. The summed E-state index contributed by atoms with van der Waals surface area (Å²) < 4.78 is 29.2. The van der Waals surface area contributed by atoms with Gasteiger partial charge in [0.05, 0.1) is 42.7 Å². The zero-order chi connectivity index (χ0) is 26.3. The monoisotopic (exact) mass is 522 g/mol. The summed E-state index contributed by atoms with van der Waals surface area (Å²) in [5, 5.41) is 0. The van der Waals surface area contributed by atoms with Crippen molar-refractivity contribution in [1.29, 1.82) is 0 Å². The van der Waals surface area contributed by atoms with Crippen LogP contribution in [0.25, 0.3) is 6.08 Å². The molecule has 0 saturated carbocycles. The van der Waals surface area contributed by atoms with Crippen molar-refractivity contribution in [2.24, 2.45) is 4.99 Å². The van der Waals surface area contributed by atoms with Crippen LogP contribution in [0, 0.1) is 6.92 Å².